The Hall–Kier alpha value is -1.05. The minimum atomic E-state index is 0.492. The summed E-state index contributed by atoms with van der Waals surface area (Å²) in [7, 11) is 0. The molecule has 0 fully saturated rings. The number of nitrogens with zero attached hydrogens (tertiary/aromatic N) is 1. The molecule has 0 radical (unpaired) electrons. The lowest BCUT2D eigenvalue weighted by molar-refractivity contribution is -0.648. The lowest BCUT2D eigenvalue weighted by Crippen LogP contribution is -2.48. The van der Waals surface area contributed by atoms with Crippen molar-refractivity contribution in [1.82, 2.24) is 0 Å². The average Bonchev–Trinajstić information content (AvgIpc) is 1.88. The number of hydrogen-bond donors (Lipinski definition) is 1. The molecule has 0 saturated carbocycles. The number of nitrogen functional groups attached to an aromatic ring is 1. The monoisotopic (exact) mass is 137 g/mol. The van der Waals surface area contributed by atoms with Crippen LogP contribution in [0.1, 0.15) is 25.5 Å². The molecule has 0 aromatic carbocycles. The van der Waals surface area contributed by atoms with Crippen molar-refractivity contribution < 1.29 is 4.68 Å². The van der Waals surface area contributed by atoms with Gasteiger partial charge in [0.1, 0.15) is 0 Å². The van der Waals surface area contributed by atoms with Crippen LogP contribution in [-0.4, -0.2) is 0 Å². The van der Waals surface area contributed by atoms with Crippen molar-refractivity contribution in [1.29, 1.82) is 0 Å². The van der Waals surface area contributed by atoms with E-state index < -0.39 is 0 Å². The molecule has 1 aromatic rings. The van der Waals surface area contributed by atoms with Crippen molar-refractivity contribution in [2.45, 2.75) is 19.8 Å². The number of rotatable bonds is 1. The fourth-order valence-corrected chi connectivity index (χ4v) is 0.959. The van der Waals surface area contributed by atoms with E-state index in [-0.39, 0.29) is 0 Å². The summed E-state index contributed by atoms with van der Waals surface area (Å²) in [5, 5.41) is 0. The summed E-state index contributed by atoms with van der Waals surface area (Å²) in [5.41, 5.74) is 1.16. The fraction of sp³-hybridized carbons (Fsp3) is 0.375. The van der Waals surface area contributed by atoms with Gasteiger partial charge < -0.3 is 0 Å². The number of nitrogens with two attached hydrogens (primary N) is 1. The third kappa shape index (κ3) is 1.26. The largest absolute Gasteiger partial charge is 0.213 e. The smallest absolute Gasteiger partial charge is 0.205 e. The molecule has 0 unspecified atom stereocenters. The predicted octanol–water partition coefficient (Wildman–Crippen LogP) is 0.811. The zero-order chi connectivity index (χ0) is 7.56. The van der Waals surface area contributed by atoms with Gasteiger partial charge >= 0.3 is 0 Å². The minimum absolute atomic E-state index is 0.492. The molecule has 0 aliphatic carbocycles. The van der Waals surface area contributed by atoms with Gasteiger partial charge in [-0.1, -0.05) is 18.5 Å². The Labute approximate surface area is 61.3 Å². The van der Waals surface area contributed by atoms with Crippen LogP contribution in [0.15, 0.2) is 24.4 Å². The van der Waals surface area contributed by atoms with E-state index in [1.807, 2.05) is 24.4 Å². The van der Waals surface area contributed by atoms with Crippen molar-refractivity contribution in [3.05, 3.63) is 30.1 Å². The summed E-state index contributed by atoms with van der Waals surface area (Å²) in [5.74, 6) is 6.13. The van der Waals surface area contributed by atoms with E-state index in [1.54, 1.807) is 4.68 Å². The Morgan fingerprint density at radius 1 is 1.40 bits per heavy atom. The Morgan fingerprint density at radius 3 is 2.50 bits per heavy atom. The third-order valence-electron chi connectivity index (χ3n) is 1.51. The van der Waals surface area contributed by atoms with Crippen molar-refractivity contribution in [3.63, 3.8) is 0 Å². The molecule has 2 nitrogen and oxygen atoms in total. The molecule has 0 amide bonds. The second kappa shape index (κ2) is 2.69. The topological polar surface area (TPSA) is 29.9 Å². The highest BCUT2D eigenvalue weighted by atomic mass is 15.3. The van der Waals surface area contributed by atoms with E-state index >= 15 is 0 Å². The highest BCUT2D eigenvalue weighted by Crippen LogP contribution is 2.06. The van der Waals surface area contributed by atoms with Crippen LogP contribution in [0.25, 0.3) is 0 Å². The zero-order valence-corrected chi connectivity index (χ0v) is 6.41. The van der Waals surface area contributed by atoms with Crippen molar-refractivity contribution in [2.24, 2.45) is 0 Å². The summed E-state index contributed by atoms with van der Waals surface area (Å²) >= 11 is 0. The van der Waals surface area contributed by atoms with Gasteiger partial charge in [0, 0.05) is 18.1 Å². The maximum absolute atomic E-state index is 5.64. The summed E-state index contributed by atoms with van der Waals surface area (Å²) < 4.78 is 1.66. The molecule has 1 aromatic heterocycles. The number of pyridine rings is 1. The van der Waals surface area contributed by atoms with E-state index in [0.717, 1.165) is 5.69 Å². The third-order valence-corrected chi connectivity index (χ3v) is 1.51. The van der Waals surface area contributed by atoms with E-state index in [9.17, 15) is 0 Å². The lowest BCUT2D eigenvalue weighted by Gasteiger charge is -1.99. The van der Waals surface area contributed by atoms with Crippen molar-refractivity contribution in [2.75, 3.05) is 5.84 Å². The standard InChI is InChI=1S/C8H13N2/c1-7(2)8-5-3-4-6-10(8)9/h3-7H,9H2,1-2H3/q+1. The van der Waals surface area contributed by atoms with Crippen molar-refractivity contribution >= 4 is 0 Å². The molecule has 10 heavy (non-hydrogen) atoms. The van der Waals surface area contributed by atoms with Gasteiger partial charge in [-0.25, -0.2) is 5.84 Å². The highest BCUT2D eigenvalue weighted by molar-refractivity contribution is 5.00. The van der Waals surface area contributed by atoms with Gasteiger partial charge in [-0.15, -0.1) is 0 Å². The van der Waals surface area contributed by atoms with Crippen molar-refractivity contribution in [3.8, 4) is 0 Å². The molecule has 2 heteroatoms. The van der Waals surface area contributed by atoms with E-state index in [4.69, 9.17) is 5.84 Å². The Bertz CT molecular complexity index is 218. The molecule has 0 saturated heterocycles. The summed E-state index contributed by atoms with van der Waals surface area (Å²) in [6.45, 7) is 4.25. The molecular formula is C8H13N2+. The van der Waals surface area contributed by atoms with E-state index in [0.29, 0.717) is 5.92 Å². The van der Waals surface area contributed by atoms with Gasteiger partial charge in [0.25, 0.3) is 0 Å². The second-order valence-electron chi connectivity index (χ2n) is 2.69. The normalized spacial score (nSPS) is 10.3. The van der Waals surface area contributed by atoms with Crippen LogP contribution in [0.3, 0.4) is 0 Å². The molecule has 1 heterocycles. The first-order chi connectivity index (χ1) is 4.72. The first-order valence-corrected chi connectivity index (χ1v) is 3.47. The Balaban J connectivity index is 3.03. The summed E-state index contributed by atoms with van der Waals surface area (Å²) in [6, 6.07) is 5.95. The van der Waals surface area contributed by atoms with Gasteiger partial charge in [0.15, 0.2) is 6.20 Å². The van der Waals surface area contributed by atoms with Crippen LogP contribution in [0.2, 0.25) is 0 Å². The minimum Gasteiger partial charge on any atom is -0.205 e. The first kappa shape index (κ1) is 7.06. The van der Waals surface area contributed by atoms with Crippen LogP contribution >= 0.6 is 0 Å². The molecule has 0 atom stereocenters. The highest BCUT2D eigenvalue weighted by Gasteiger charge is 2.09. The van der Waals surface area contributed by atoms with Crippen LogP contribution in [0.5, 0.6) is 0 Å². The molecule has 0 bridgehead atoms. The molecular weight excluding hydrogens is 124 g/mol. The average molecular weight is 137 g/mol. The maximum Gasteiger partial charge on any atom is 0.213 e. The summed E-state index contributed by atoms with van der Waals surface area (Å²) in [4.78, 5) is 0. The van der Waals surface area contributed by atoms with Gasteiger partial charge in [0.05, 0.1) is 0 Å². The Morgan fingerprint density at radius 2 is 2.10 bits per heavy atom. The predicted molar refractivity (Wildman–Crippen MR) is 40.9 cm³/mol. The van der Waals surface area contributed by atoms with Crippen LogP contribution in [0.4, 0.5) is 0 Å². The molecule has 0 aliphatic heterocycles. The number of hydrogen-bond acceptors (Lipinski definition) is 1. The van der Waals surface area contributed by atoms with E-state index in [2.05, 4.69) is 13.8 Å². The van der Waals surface area contributed by atoms with Gasteiger partial charge in [0.2, 0.25) is 5.69 Å². The van der Waals surface area contributed by atoms with E-state index in [1.165, 1.54) is 0 Å². The number of aromatic nitrogens is 1. The molecule has 1 rings (SSSR count). The quantitative estimate of drug-likeness (QED) is 0.450. The fourth-order valence-electron chi connectivity index (χ4n) is 0.959. The molecule has 54 valence electrons. The maximum atomic E-state index is 5.64. The molecule has 2 N–H and O–H groups in total. The summed E-state index contributed by atoms with van der Waals surface area (Å²) in [6.07, 6.45) is 1.86. The van der Waals surface area contributed by atoms with Gasteiger partial charge in [-0.3, -0.25) is 0 Å². The first-order valence-electron chi connectivity index (χ1n) is 3.47. The zero-order valence-electron chi connectivity index (χ0n) is 6.41. The lowest BCUT2D eigenvalue weighted by atomic mass is 10.1. The van der Waals surface area contributed by atoms with Gasteiger partial charge in [-0.2, -0.15) is 0 Å². The van der Waals surface area contributed by atoms with Crippen LogP contribution in [0, 0.1) is 0 Å². The van der Waals surface area contributed by atoms with Gasteiger partial charge in [-0.05, 0) is 6.07 Å². The molecule has 0 spiro atoms. The van der Waals surface area contributed by atoms with Crippen LogP contribution in [-0.2, 0) is 0 Å². The SMILES string of the molecule is CC(C)c1cccc[n+]1N. The second-order valence-corrected chi connectivity index (χ2v) is 2.69. The van der Waals surface area contributed by atoms with Crippen LogP contribution < -0.4 is 10.5 Å². The Kier molecular flexibility index (Phi) is 1.90. The molecule has 0 aliphatic rings.